The van der Waals surface area contributed by atoms with E-state index in [1.54, 1.807) is 6.92 Å². The van der Waals surface area contributed by atoms with Gasteiger partial charge in [-0.25, -0.2) is 0 Å². The minimum absolute atomic E-state index is 0.0554. The van der Waals surface area contributed by atoms with Crippen molar-refractivity contribution in [3.63, 3.8) is 0 Å². The highest BCUT2D eigenvalue weighted by molar-refractivity contribution is 6.30. The maximum absolute atomic E-state index is 11.9. The summed E-state index contributed by atoms with van der Waals surface area (Å²) in [5, 5.41) is 3.93. The second kappa shape index (κ2) is 6.40. The highest BCUT2D eigenvalue weighted by Crippen LogP contribution is 2.17. The van der Waals surface area contributed by atoms with Crippen molar-refractivity contribution in [3.05, 3.63) is 34.9 Å². The number of ether oxygens (including phenoxy) is 1. The second-order valence-electron chi connectivity index (χ2n) is 5.70. The Hall–Kier alpha value is -1.06. The molecule has 106 valence electrons. The van der Waals surface area contributed by atoms with Crippen molar-refractivity contribution >= 4 is 17.6 Å². The molecule has 0 amide bonds. The molecule has 0 aliphatic carbocycles. The van der Waals surface area contributed by atoms with Gasteiger partial charge in [-0.2, -0.15) is 0 Å². The Morgan fingerprint density at radius 3 is 2.21 bits per heavy atom. The summed E-state index contributed by atoms with van der Waals surface area (Å²) in [5.74, 6) is -0.242. The van der Waals surface area contributed by atoms with E-state index < -0.39 is 5.60 Å². The van der Waals surface area contributed by atoms with Crippen LogP contribution >= 0.6 is 11.6 Å². The Kier molecular flexibility index (Phi) is 5.39. The van der Waals surface area contributed by atoms with Crippen LogP contribution in [-0.2, 0) is 9.53 Å². The number of esters is 1. The van der Waals surface area contributed by atoms with Gasteiger partial charge in [0.15, 0.2) is 0 Å². The van der Waals surface area contributed by atoms with E-state index in [-0.39, 0.29) is 18.1 Å². The molecule has 1 aromatic rings. The quantitative estimate of drug-likeness (QED) is 0.856. The van der Waals surface area contributed by atoms with Crippen molar-refractivity contribution in [2.45, 2.75) is 52.3 Å². The normalized spacial score (nSPS) is 14.8. The van der Waals surface area contributed by atoms with E-state index in [1.165, 1.54) is 0 Å². The zero-order chi connectivity index (χ0) is 14.6. The molecule has 4 heteroatoms. The summed E-state index contributed by atoms with van der Waals surface area (Å²) in [5.41, 5.74) is 0.621. The van der Waals surface area contributed by atoms with Crippen LogP contribution in [0.25, 0.3) is 0 Å². The Morgan fingerprint density at radius 2 is 1.74 bits per heavy atom. The fourth-order valence-electron chi connectivity index (χ4n) is 1.68. The van der Waals surface area contributed by atoms with Gasteiger partial charge in [0.05, 0.1) is 0 Å². The fraction of sp³-hybridized carbons (Fsp3) is 0.533. The van der Waals surface area contributed by atoms with Gasteiger partial charge in [0.1, 0.15) is 11.6 Å². The molecule has 2 atom stereocenters. The molecule has 0 saturated carbocycles. The number of carbonyl (C=O) groups is 1. The third kappa shape index (κ3) is 5.62. The molecule has 0 saturated heterocycles. The first-order valence-corrected chi connectivity index (χ1v) is 6.81. The van der Waals surface area contributed by atoms with E-state index in [2.05, 4.69) is 5.32 Å². The third-order valence-corrected chi connectivity index (χ3v) is 2.88. The summed E-state index contributed by atoms with van der Waals surface area (Å²) in [7, 11) is 0. The molecule has 1 aromatic carbocycles. The van der Waals surface area contributed by atoms with Crippen molar-refractivity contribution in [2.75, 3.05) is 0 Å². The van der Waals surface area contributed by atoms with Crippen molar-refractivity contribution in [1.29, 1.82) is 0 Å². The highest BCUT2D eigenvalue weighted by Gasteiger charge is 2.22. The maximum Gasteiger partial charge on any atom is 0.323 e. The first kappa shape index (κ1) is 16.0. The van der Waals surface area contributed by atoms with Gasteiger partial charge in [-0.1, -0.05) is 23.7 Å². The van der Waals surface area contributed by atoms with Gasteiger partial charge in [0, 0.05) is 11.1 Å². The lowest BCUT2D eigenvalue weighted by Crippen LogP contribution is -2.40. The Balaban J connectivity index is 2.59. The van der Waals surface area contributed by atoms with Gasteiger partial charge in [0.2, 0.25) is 0 Å². The molecule has 3 nitrogen and oxygen atoms in total. The van der Waals surface area contributed by atoms with Crippen molar-refractivity contribution in [3.8, 4) is 0 Å². The summed E-state index contributed by atoms with van der Waals surface area (Å²) < 4.78 is 5.33. The van der Waals surface area contributed by atoms with Crippen LogP contribution in [0.4, 0.5) is 0 Å². The first-order chi connectivity index (χ1) is 8.69. The number of hydrogen-bond acceptors (Lipinski definition) is 3. The van der Waals surface area contributed by atoms with Crippen LogP contribution in [0.15, 0.2) is 24.3 Å². The number of benzene rings is 1. The Bertz CT molecular complexity index is 423. The van der Waals surface area contributed by atoms with Crippen LogP contribution in [0, 0.1) is 0 Å². The summed E-state index contributed by atoms with van der Waals surface area (Å²) in [6.45, 7) is 9.39. The number of carbonyl (C=O) groups excluding carboxylic acids is 1. The number of hydrogen-bond donors (Lipinski definition) is 1. The molecule has 0 radical (unpaired) electrons. The molecular weight excluding hydrogens is 262 g/mol. The van der Waals surface area contributed by atoms with Crippen LogP contribution in [0.1, 0.15) is 46.2 Å². The van der Waals surface area contributed by atoms with Gasteiger partial charge in [-0.05, 0) is 52.3 Å². The average molecular weight is 284 g/mol. The summed E-state index contributed by atoms with van der Waals surface area (Å²) in [4.78, 5) is 11.9. The molecule has 0 bridgehead atoms. The van der Waals surface area contributed by atoms with E-state index in [1.807, 2.05) is 52.0 Å². The minimum atomic E-state index is -0.462. The largest absolute Gasteiger partial charge is 0.459 e. The summed E-state index contributed by atoms with van der Waals surface area (Å²) in [6.07, 6.45) is 0. The van der Waals surface area contributed by atoms with Gasteiger partial charge in [0.25, 0.3) is 0 Å². The number of halogens is 1. The molecule has 1 N–H and O–H groups in total. The zero-order valence-corrected chi connectivity index (χ0v) is 12.9. The lowest BCUT2D eigenvalue weighted by molar-refractivity contribution is -0.157. The predicted molar refractivity (Wildman–Crippen MR) is 78.3 cm³/mol. The second-order valence-corrected chi connectivity index (χ2v) is 6.13. The van der Waals surface area contributed by atoms with E-state index in [4.69, 9.17) is 16.3 Å². The topological polar surface area (TPSA) is 38.3 Å². The lowest BCUT2D eigenvalue weighted by atomic mass is 10.1. The predicted octanol–water partition coefficient (Wildman–Crippen LogP) is 3.72. The van der Waals surface area contributed by atoms with Gasteiger partial charge < -0.3 is 4.74 Å². The number of rotatable bonds is 4. The van der Waals surface area contributed by atoms with Crippen LogP contribution in [-0.4, -0.2) is 17.6 Å². The Labute approximate surface area is 120 Å². The highest BCUT2D eigenvalue weighted by atomic mass is 35.5. The molecule has 0 aliphatic heterocycles. The average Bonchev–Trinajstić information content (AvgIpc) is 2.27. The van der Waals surface area contributed by atoms with Crippen molar-refractivity contribution in [2.24, 2.45) is 0 Å². The monoisotopic (exact) mass is 283 g/mol. The SMILES string of the molecule is CC(NC(C)c1ccc(Cl)cc1)C(=O)OC(C)(C)C. The van der Waals surface area contributed by atoms with Gasteiger partial charge in [-0.15, -0.1) is 0 Å². The zero-order valence-electron chi connectivity index (χ0n) is 12.2. The van der Waals surface area contributed by atoms with Crippen LogP contribution in [0.3, 0.4) is 0 Å². The minimum Gasteiger partial charge on any atom is -0.459 e. The molecule has 0 fully saturated rings. The molecular formula is C15H22ClNO2. The molecule has 1 rings (SSSR count). The van der Waals surface area contributed by atoms with E-state index in [0.29, 0.717) is 5.02 Å². The van der Waals surface area contributed by atoms with Crippen molar-refractivity contribution in [1.82, 2.24) is 5.32 Å². The first-order valence-electron chi connectivity index (χ1n) is 6.43. The van der Waals surface area contributed by atoms with E-state index in [9.17, 15) is 4.79 Å². The molecule has 0 aromatic heterocycles. The maximum atomic E-state index is 11.9. The summed E-state index contributed by atoms with van der Waals surface area (Å²) >= 11 is 5.85. The summed E-state index contributed by atoms with van der Waals surface area (Å²) in [6, 6.07) is 7.27. The standard InChI is InChI=1S/C15H22ClNO2/c1-10(12-6-8-13(16)9-7-12)17-11(2)14(18)19-15(3,4)5/h6-11,17H,1-5H3. The van der Waals surface area contributed by atoms with E-state index >= 15 is 0 Å². The van der Waals surface area contributed by atoms with Gasteiger partial charge >= 0.3 is 5.97 Å². The van der Waals surface area contributed by atoms with Crippen LogP contribution in [0.5, 0.6) is 0 Å². The molecule has 0 spiro atoms. The Morgan fingerprint density at radius 1 is 1.21 bits per heavy atom. The molecule has 19 heavy (non-hydrogen) atoms. The molecule has 0 aliphatic rings. The van der Waals surface area contributed by atoms with Crippen LogP contribution < -0.4 is 5.32 Å². The van der Waals surface area contributed by atoms with Crippen molar-refractivity contribution < 1.29 is 9.53 Å². The smallest absolute Gasteiger partial charge is 0.323 e. The van der Waals surface area contributed by atoms with Gasteiger partial charge in [-0.3, -0.25) is 10.1 Å². The fourth-order valence-corrected chi connectivity index (χ4v) is 1.81. The molecule has 0 heterocycles. The lowest BCUT2D eigenvalue weighted by Gasteiger charge is -2.24. The third-order valence-electron chi connectivity index (χ3n) is 2.63. The van der Waals surface area contributed by atoms with Crippen LogP contribution in [0.2, 0.25) is 5.02 Å². The number of nitrogens with one attached hydrogen (secondary N) is 1. The molecule has 2 unspecified atom stereocenters. The van der Waals surface area contributed by atoms with E-state index in [0.717, 1.165) is 5.56 Å².